The molecule has 1 amide bonds. The molecular weight excluding hydrogens is 546 g/mol. The summed E-state index contributed by atoms with van der Waals surface area (Å²) in [7, 11) is 0. The molecule has 14 heteroatoms. The average Bonchev–Trinajstić information content (AvgIpc) is 3.72. The third kappa shape index (κ3) is 4.50. The highest BCUT2D eigenvalue weighted by Crippen LogP contribution is 2.44. The van der Waals surface area contributed by atoms with Gasteiger partial charge in [-0.25, -0.2) is 18.7 Å². The maximum atomic E-state index is 15.3. The van der Waals surface area contributed by atoms with E-state index in [0.29, 0.717) is 42.0 Å². The molecule has 2 aliphatic rings. The minimum atomic E-state index is -0.689. The Bertz CT molecular complexity index is 1610. The Hall–Kier alpha value is -4.23. The number of benzene rings is 1. The number of tetrazole rings is 1. The monoisotopic (exact) mass is 568 g/mol. The summed E-state index contributed by atoms with van der Waals surface area (Å²) >= 11 is 6.10. The fourth-order valence-electron chi connectivity index (χ4n) is 5.29. The van der Waals surface area contributed by atoms with E-state index in [-0.39, 0.29) is 46.6 Å². The molecule has 1 unspecified atom stereocenters. The summed E-state index contributed by atoms with van der Waals surface area (Å²) in [5.74, 6) is -1.35. The number of nitrogens with zero attached hydrogens (tertiary/aromatic N) is 7. The predicted octanol–water partition coefficient (Wildman–Crippen LogP) is 3.66. The smallest absolute Gasteiger partial charge is 0.251 e. The number of aliphatic hydroxyl groups is 1. The first kappa shape index (κ1) is 26.0. The molecule has 1 saturated heterocycles. The first-order valence-corrected chi connectivity index (χ1v) is 12.9. The highest BCUT2D eigenvalue weighted by Gasteiger charge is 2.42. The van der Waals surface area contributed by atoms with Gasteiger partial charge in [0, 0.05) is 29.4 Å². The van der Waals surface area contributed by atoms with Crippen molar-refractivity contribution in [2.45, 2.75) is 44.4 Å². The quantitative estimate of drug-likeness (QED) is 0.345. The van der Waals surface area contributed by atoms with Gasteiger partial charge in [-0.05, 0) is 60.4 Å². The maximum absolute atomic E-state index is 15.3. The molecule has 2 aliphatic heterocycles. The normalized spacial score (nSPS) is 19.5. The van der Waals surface area contributed by atoms with E-state index in [1.807, 2.05) is 0 Å². The Labute approximate surface area is 231 Å². The van der Waals surface area contributed by atoms with Crippen molar-refractivity contribution in [1.82, 2.24) is 40.1 Å². The molecule has 6 rings (SSSR count). The largest absolute Gasteiger partial charge is 0.470 e. The third-order valence-electron chi connectivity index (χ3n) is 7.13. The lowest BCUT2D eigenvalue weighted by Gasteiger charge is -2.33. The maximum Gasteiger partial charge on any atom is 0.251 e. The van der Waals surface area contributed by atoms with E-state index in [2.05, 4.69) is 30.5 Å². The van der Waals surface area contributed by atoms with E-state index in [9.17, 15) is 9.90 Å². The number of ether oxygens (including phenoxy) is 1. The van der Waals surface area contributed by atoms with E-state index in [4.69, 9.17) is 16.3 Å². The summed E-state index contributed by atoms with van der Waals surface area (Å²) in [6.45, 7) is 1.31. The molecule has 206 valence electrons. The van der Waals surface area contributed by atoms with Crippen molar-refractivity contribution in [2.75, 3.05) is 6.61 Å². The number of hydrogen-bond acceptors (Lipinski definition) is 8. The Morgan fingerprint density at radius 3 is 2.85 bits per heavy atom. The Morgan fingerprint density at radius 1 is 1.23 bits per heavy atom. The molecule has 3 aromatic heterocycles. The van der Waals surface area contributed by atoms with Crippen LogP contribution >= 0.6 is 11.6 Å². The lowest BCUT2D eigenvalue weighted by molar-refractivity contribution is -0.129. The van der Waals surface area contributed by atoms with Gasteiger partial charge in [-0.1, -0.05) is 11.6 Å². The number of carbonyl (C=O) groups is 1. The third-order valence-corrected chi connectivity index (χ3v) is 7.42. The number of H-pyrrole nitrogens is 1. The Balaban J connectivity index is 1.29. The Kier molecular flexibility index (Phi) is 6.76. The highest BCUT2D eigenvalue weighted by molar-refractivity contribution is 6.31. The van der Waals surface area contributed by atoms with Gasteiger partial charge < -0.3 is 19.7 Å². The first-order chi connectivity index (χ1) is 19.4. The topological polar surface area (TPSA) is 135 Å². The second-order valence-electron chi connectivity index (χ2n) is 9.65. The fraction of sp³-hybridized carbons (Fsp3) is 0.308. The van der Waals surface area contributed by atoms with Crippen molar-refractivity contribution < 1.29 is 23.4 Å². The molecule has 0 bridgehead atoms. The highest BCUT2D eigenvalue weighted by atomic mass is 35.5. The van der Waals surface area contributed by atoms with E-state index in [1.165, 1.54) is 41.6 Å². The van der Waals surface area contributed by atoms with Gasteiger partial charge in [0.15, 0.2) is 11.6 Å². The van der Waals surface area contributed by atoms with E-state index in [1.54, 1.807) is 17.9 Å². The van der Waals surface area contributed by atoms with Gasteiger partial charge in [0.05, 0.1) is 35.2 Å². The second-order valence-corrected chi connectivity index (χ2v) is 10.1. The summed E-state index contributed by atoms with van der Waals surface area (Å²) in [5, 5.41) is 20.3. The van der Waals surface area contributed by atoms with Gasteiger partial charge in [0.1, 0.15) is 18.3 Å². The van der Waals surface area contributed by atoms with Crippen molar-refractivity contribution in [1.29, 1.82) is 0 Å². The van der Waals surface area contributed by atoms with Crippen LogP contribution in [0, 0.1) is 11.6 Å². The molecule has 1 aromatic carbocycles. The van der Waals surface area contributed by atoms with Crippen molar-refractivity contribution >= 4 is 23.1 Å². The van der Waals surface area contributed by atoms with Gasteiger partial charge in [-0.3, -0.25) is 4.79 Å². The van der Waals surface area contributed by atoms with Crippen LogP contribution in [0.2, 0.25) is 5.02 Å². The number of hydrogen-bond donors (Lipinski definition) is 2. The molecule has 1 fully saturated rings. The zero-order chi connectivity index (χ0) is 28.0. The number of amides is 1. The summed E-state index contributed by atoms with van der Waals surface area (Å²) in [6.07, 6.45) is 6.70. The number of imidazole rings is 1. The Morgan fingerprint density at radius 2 is 2.08 bits per heavy atom. The number of nitrogens with one attached hydrogen (secondary N) is 1. The molecule has 4 aromatic rings. The van der Waals surface area contributed by atoms with Crippen LogP contribution < -0.4 is 4.74 Å². The minimum absolute atomic E-state index is 0.0715. The van der Waals surface area contributed by atoms with Gasteiger partial charge in [0.2, 0.25) is 5.91 Å². The number of pyridine rings is 1. The molecule has 3 atom stereocenters. The molecule has 0 radical (unpaired) electrons. The SMILES string of the molecule is CC(CO)Oc1nccc(-c2cnc([C@@H]3CC[C@@H]4CC(c5c(-n6cnnn6)ccc(Cl)c5F)=CC(=O)N43)[nH]2)c1F. The number of halogens is 3. The van der Waals surface area contributed by atoms with Crippen LogP contribution in [-0.4, -0.2) is 69.8 Å². The molecule has 0 aliphatic carbocycles. The van der Waals surface area contributed by atoms with Crippen LogP contribution in [0.1, 0.15) is 43.6 Å². The van der Waals surface area contributed by atoms with Gasteiger partial charge in [0.25, 0.3) is 5.88 Å². The van der Waals surface area contributed by atoms with Crippen LogP contribution in [0.15, 0.2) is 43.0 Å². The lowest BCUT2D eigenvalue weighted by atomic mass is 9.92. The van der Waals surface area contributed by atoms with Crippen LogP contribution in [0.25, 0.3) is 22.5 Å². The lowest BCUT2D eigenvalue weighted by Crippen LogP contribution is -2.39. The van der Waals surface area contributed by atoms with E-state index < -0.39 is 17.7 Å². The number of fused-ring (bicyclic) bond motifs is 1. The minimum Gasteiger partial charge on any atom is -0.470 e. The summed E-state index contributed by atoms with van der Waals surface area (Å²) in [4.78, 5) is 26.7. The summed E-state index contributed by atoms with van der Waals surface area (Å²) in [5.41, 5.74) is 1.65. The van der Waals surface area contributed by atoms with E-state index in [0.717, 1.165) is 0 Å². The first-order valence-electron chi connectivity index (χ1n) is 12.6. The van der Waals surface area contributed by atoms with Crippen LogP contribution in [0.5, 0.6) is 5.88 Å². The fourth-order valence-corrected chi connectivity index (χ4v) is 5.45. The predicted molar refractivity (Wildman–Crippen MR) is 138 cm³/mol. The van der Waals surface area contributed by atoms with Crippen LogP contribution in [0.3, 0.4) is 0 Å². The van der Waals surface area contributed by atoms with Crippen molar-refractivity contribution in [2.24, 2.45) is 0 Å². The molecule has 11 nitrogen and oxygen atoms in total. The number of aromatic nitrogens is 7. The van der Waals surface area contributed by atoms with Crippen LogP contribution in [-0.2, 0) is 4.79 Å². The van der Waals surface area contributed by atoms with Crippen molar-refractivity contribution in [3.63, 3.8) is 0 Å². The zero-order valence-corrected chi connectivity index (χ0v) is 21.9. The van der Waals surface area contributed by atoms with Gasteiger partial charge in [-0.15, -0.1) is 5.10 Å². The molecule has 0 saturated carbocycles. The number of aromatic amines is 1. The van der Waals surface area contributed by atoms with Gasteiger partial charge in [-0.2, -0.15) is 4.68 Å². The standard InChI is InChI=1S/C26H23ClF2N8O3/c1-13(11-38)40-26-23(28)16(6-7-30-26)18-10-31-25(33-18)20-4-2-15-8-14(9-21(39)37(15)20)22-19(36-12-32-34-35-36)5-3-17(27)24(22)29/h3,5-7,9-10,12-13,15,20,38H,2,4,8,11H2,1H3,(H,31,33)/t13?,15-,20+/m1/s1. The molecular formula is C26H23ClF2N8O3. The molecule has 0 spiro atoms. The van der Waals surface area contributed by atoms with E-state index >= 15 is 8.78 Å². The van der Waals surface area contributed by atoms with Gasteiger partial charge >= 0.3 is 0 Å². The summed E-state index contributed by atoms with van der Waals surface area (Å²) in [6, 6.07) is 3.94. The zero-order valence-electron chi connectivity index (χ0n) is 21.1. The van der Waals surface area contributed by atoms with Crippen LogP contribution in [0.4, 0.5) is 8.78 Å². The number of carbonyl (C=O) groups excluding carboxylic acids is 1. The van der Waals surface area contributed by atoms with Crippen molar-refractivity contribution in [3.8, 4) is 22.8 Å². The number of rotatable bonds is 7. The average molecular weight is 569 g/mol. The molecule has 40 heavy (non-hydrogen) atoms. The molecule has 2 N–H and O–H groups in total. The van der Waals surface area contributed by atoms with Crippen molar-refractivity contribution in [3.05, 3.63) is 71.0 Å². The second kappa shape index (κ2) is 10.4. The molecule has 5 heterocycles. The number of aliphatic hydroxyl groups excluding tert-OH is 1. The summed E-state index contributed by atoms with van der Waals surface area (Å²) < 4.78 is 37.1.